The fourth-order valence-electron chi connectivity index (χ4n) is 4.48. The maximum absolute atomic E-state index is 13.3. The van der Waals surface area contributed by atoms with Gasteiger partial charge in [-0.1, -0.05) is 36.4 Å². The number of aromatic nitrogens is 3. The predicted molar refractivity (Wildman–Crippen MR) is 140 cm³/mol. The molecule has 8 heteroatoms. The van der Waals surface area contributed by atoms with E-state index in [-0.39, 0.29) is 6.61 Å². The number of carbonyl (C=O) groups is 2. The summed E-state index contributed by atoms with van der Waals surface area (Å²) in [6.07, 6.45) is 9.65. The van der Waals surface area contributed by atoms with E-state index in [1.807, 2.05) is 49.5 Å². The fourth-order valence-corrected chi connectivity index (χ4v) is 4.48. The molecule has 0 radical (unpaired) electrons. The van der Waals surface area contributed by atoms with E-state index in [4.69, 9.17) is 9.47 Å². The minimum Gasteiger partial charge on any atom is -0.466 e. The van der Waals surface area contributed by atoms with Gasteiger partial charge in [-0.15, -0.1) is 0 Å². The van der Waals surface area contributed by atoms with Crippen molar-refractivity contribution in [1.29, 1.82) is 0 Å². The van der Waals surface area contributed by atoms with Gasteiger partial charge in [0.25, 0.3) is 0 Å². The first-order valence-corrected chi connectivity index (χ1v) is 12.0. The molecule has 1 aliphatic rings. The van der Waals surface area contributed by atoms with Gasteiger partial charge in [-0.25, -0.2) is 14.6 Å². The Morgan fingerprint density at radius 2 is 1.70 bits per heavy atom. The third kappa shape index (κ3) is 5.86. The zero-order valence-corrected chi connectivity index (χ0v) is 21.4. The third-order valence-corrected chi connectivity index (χ3v) is 6.27. The molecule has 0 saturated heterocycles. The molecule has 0 fully saturated rings. The average molecular weight is 499 g/mol. The van der Waals surface area contributed by atoms with Gasteiger partial charge in [-0.05, 0) is 49.6 Å². The van der Waals surface area contributed by atoms with Gasteiger partial charge in [0.05, 0.1) is 24.2 Å². The molecule has 0 amide bonds. The number of dihydropyridines is 1. The van der Waals surface area contributed by atoms with Crippen LogP contribution in [0.15, 0.2) is 83.6 Å². The molecule has 1 aliphatic heterocycles. The third-order valence-electron chi connectivity index (χ3n) is 6.27. The summed E-state index contributed by atoms with van der Waals surface area (Å²) < 4.78 is 10.7. The SMILES string of the molecule is COC(=O)C1=C(C)NC(C)=C(C(=O)OCC=Cc2ccc(Cc3ncc[nH]3)cc2)C1c1cccnc1C. The van der Waals surface area contributed by atoms with Gasteiger partial charge >= 0.3 is 11.9 Å². The van der Waals surface area contributed by atoms with Crippen LogP contribution in [0.4, 0.5) is 0 Å². The number of imidazole rings is 1. The summed E-state index contributed by atoms with van der Waals surface area (Å²) in [5, 5.41) is 3.14. The first kappa shape index (κ1) is 25.6. The van der Waals surface area contributed by atoms with E-state index in [1.54, 1.807) is 38.4 Å². The van der Waals surface area contributed by atoms with Crippen molar-refractivity contribution in [2.75, 3.05) is 13.7 Å². The van der Waals surface area contributed by atoms with Crippen molar-refractivity contribution >= 4 is 18.0 Å². The number of benzene rings is 1. The second-order valence-corrected chi connectivity index (χ2v) is 8.76. The van der Waals surface area contributed by atoms with Crippen molar-refractivity contribution in [3.63, 3.8) is 0 Å². The summed E-state index contributed by atoms with van der Waals surface area (Å²) in [5.41, 5.74) is 5.58. The smallest absolute Gasteiger partial charge is 0.337 e. The average Bonchev–Trinajstić information content (AvgIpc) is 3.40. The van der Waals surface area contributed by atoms with Crippen LogP contribution >= 0.6 is 0 Å². The minimum absolute atomic E-state index is 0.0821. The van der Waals surface area contributed by atoms with Crippen LogP contribution in [0.1, 0.15) is 48.0 Å². The van der Waals surface area contributed by atoms with Crippen LogP contribution in [0, 0.1) is 6.92 Å². The zero-order valence-electron chi connectivity index (χ0n) is 21.4. The predicted octanol–water partition coefficient (Wildman–Crippen LogP) is 4.37. The molecule has 3 heterocycles. The van der Waals surface area contributed by atoms with Crippen LogP contribution in [-0.4, -0.2) is 40.6 Å². The van der Waals surface area contributed by atoms with Crippen molar-refractivity contribution in [2.45, 2.75) is 33.1 Å². The minimum atomic E-state index is -0.652. The van der Waals surface area contributed by atoms with Crippen molar-refractivity contribution in [1.82, 2.24) is 20.3 Å². The number of carbonyl (C=O) groups excluding carboxylic acids is 2. The molecule has 1 unspecified atom stereocenters. The zero-order chi connectivity index (χ0) is 26.4. The number of rotatable bonds is 8. The Kier molecular flexibility index (Phi) is 7.98. The Hall–Kier alpha value is -4.46. The normalized spacial score (nSPS) is 15.6. The van der Waals surface area contributed by atoms with Crippen molar-refractivity contribution in [3.8, 4) is 0 Å². The Labute approximate surface area is 216 Å². The van der Waals surface area contributed by atoms with E-state index in [0.717, 1.165) is 34.6 Å². The highest BCUT2D eigenvalue weighted by Gasteiger charge is 2.38. The Balaban J connectivity index is 1.48. The number of nitrogens with zero attached hydrogens (tertiary/aromatic N) is 2. The first-order valence-electron chi connectivity index (χ1n) is 12.0. The van der Waals surface area contributed by atoms with Crippen LogP contribution in [0.5, 0.6) is 0 Å². The van der Waals surface area contributed by atoms with Crippen molar-refractivity contribution in [2.24, 2.45) is 0 Å². The number of allylic oxidation sites excluding steroid dienone is 2. The van der Waals surface area contributed by atoms with E-state index in [0.29, 0.717) is 22.5 Å². The molecule has 2 N–H and O–H groups in total. The topological polar surface area (TPSA) is 106 Å². The lowest BCUT2D eigenvalue weighted by Crippen LogP contribution is -2.32. The van der Waals surface area contributed by atoms with Gasteiger partial charge < -0.3 is 19.8 Å². The van der Waals surface area contributed by atoms with Gasteiger partial charge in [-0.3, -0.25) is 4.98 Å². The number of nitrogens with one attached hydrogen (secondary N) is 2. The number of pyridine rings is 1. The van der Waals surface area contributed by atoms with Gasteiger partial charge in [0.2, 0.25) is 0 Å². The monoisotopic (exact) mass is 498 g/mol. The molecule has 0 spiro atoms. The molecule has 0 aliphatic carbocycles. The van der Waals surface area contributed by atoms with Crippen molar-refractivity contribution < 1.29 is 19.1 Å². The number of hydrogen-bond donors (Lipinski definition) is 2. The summed E-state index contributed by atoms with van der Waals surface area (Å²) in [7, 11) is 1.33. The lowest BCUT2D eigenvalue weighted by Gasteiger charge is -2.30. The van der Waals surface area contributed by atoms with Gasteiger partial charge in [-0.2, -0.15) is 0 Å². The largest absolute Gasteiger partial charge is 0.466 e. The molecule has 8 nitrogen and oxygen atoms in total. The second kappa shape index (κ2) is 11.5. The summed E-state index contributed by atoms with van der Waals surface area (Å²) in [6, 6.07) is 11.7. The molecule has 190 valence electrons. The summed E-state index contributed by atoms with van der Waals surface area (Å²) in [6.45, 7) is 5.52. The number of H-pyrrole nitrogens is 1. The van der Waals surface area contributed by atoms with Crippen molar-refractivity contribution in [3.05, 3.63) is 112 Å². The number of esters is 2. The standard InChI is InChI=1S/C29H30N4O4/c1-18-23(8-5-13-30-18)27-25(28(34)36-4)19(2)33-20(3)26(27)29(35)37-16-6-7-21-9-11-22(12-10-21)17-24-31-14-15-32-24/h5-15,27,33H,16-17H2,1-4H3,(H,31,32). The summed E-state index contributed by atoms with van der Waals surface area (Å²) in [5.74, 6) is -0.755. The molecule has 4 rings (SSSR count). The van der Waals surface area contributed by atoms with Gasteiger partial charge in [0, 0.05) is 42.1 Å². The summed E-state index contributed by atoms with van der Waals surface area (Å²) >= 11 is 0. The van der Waals surface area contributed by atoms with Crippen LogP contribution < -0.4 is 5.32 Å². The molecule has 3 aromatic rings. The Bertz CT molecular complexity index is 1370. The quantitative estimate of drug-likeness (QED) is 0.444. The molecular weight excluding hydrogens is 468 g/mol. The first-order chi connectivity index (χ1) is 17.9. The molecule has 2 aromatic heterocycles. The molecule has 0 bridgehead atoms. The molecule has 0 saturated carbocycles. The van der Waals surface area contributed by atoms with E-state index in [9.17, 15) is 9.59 Å². The van der Waals surface area contributed by atoms with Gasteiger partial charge in [0.15, 0.2) is 0 Å². The molecule has 37 heavy (non-hydrogen) atoms. The molecular formula is C29H30N4O4. The van der Waals surface area contributed by atoms with E-state index in [1.165, 1.54) is 7.11 Å². The van der Waals surface area contributed by atoms with Gasteiger partial charge in [0.1, 0.15) is 12.4 Å². The maximum atomic E-state index is 13.3. The lowest BCUT2D eigenvalue weighted by molar-refractivity contribution is -0.138. The molecule has 1 aromatic carbocycles. The van der Waals surface area contributed by atoms with Crippen LogP contribution in [-0.2, 0) is 25.5 Å². The second-order valence-electron chi connectivity index (χ2n) is 8.76. The number of hydrogen-bond acceptors (Lipinski definition) is 7. The highest BCUT2D eigenvalue weighted by Crippen LogP contribution is 2.40. The van der Waals surface area contributed by atoms with Crippen LogP contribution in [0.3, 0.4) is 0 Å². The van der Waals surface area contributed by atoms with Crippen LogP contribution in [0.2, 0.25) is 0 Å². The van der Waals surface area contributed by atoms with Crippen LogP contribution in [0.25, 0.3) is 6.08 Å². The Morgan fingerprint density at radius 1 is 0.973 bits per heavy atom. The Morgan fingerprint density at radius 3 is 2.35 bits per heavy atom. The van der Waals surface area contributed by atoms with E-state index >= 15 is 0 Å². The van der Waals surface area contributed by atoms with E-state index in [2.05, 4.69) is 20.3 Å². The fraction of sp³-hybridized carbons (Fsp3) is 0.241. The number of methoxy groups -OCH3 is 1. The highest BCUT2D eigenvalue weighted by atomic mass is 16.5. The number of ether oxygens (including phenoxy) is 2. The number of aromatic amines is 1. The number of aryl methyl sites for hydroxylation is 1. The lowest BCUT2D eigenvalue weighted by atomic mass is 9.80. The highest BCUT2D eigenvalue weighted by molar-refractivity contribution is 6.00. The summed E-state index contributed by atoms with van der Waals surface area (Å²) in [4.78, 5) is 37.8. The van der Waals surface area contributed by atoms with E-state index < -0.39 is 17.9 Å². The maximum Gasteiger partial charge on any atom is 0.337 e. The molecule has 1 atom stereocenters.